The Hall–Kier alpha value is -4.44. The predicted molar refractivity (Wildman–Crippen MR) is 172 cm³/mol. The number of ketones is 2. The van der Waals surface area contributed by atoms with Crippen molar-refractivity contribution in [2.45, 2.75) is 54.4 Å². The maximum absolute atomic E-state index is 12.4. The standard InChI is InChI=1S/C19H20O3.C19H20O/c1-6-17(20)16-11-12(2)7-8-15(16)14-9-10-18(21-4)19(22-5)13(14)3;1-11-5-7-16-17(9-11)18(20)8-6-15-10-12(2)13(3)14(4)19(15)16/h6-11H,1H2,2-5H3;5,7,9-10H,6,8H2,1-4H3. The zero-order valence-electron chi connectivity index (χ0n) is 26.0. The molecule has 1 aliphatic rings. The third-order valence-electron chi connectivity index (χ3n) is 8.32. The number of carbonyl (C=O) groups excluding carboxylic acids is 2. The lowest BCUT2D eigenvalue weighted by molar-refractivity contribution is 0.0983. The fourth-order valence-corrected chi connectivity index (χ4v) is 5.81. The number of methoxy groups -OCH3 is 2. The molecule has 0 saturated heterocycles. The van der Waals surface area contributed by atoms with E-state index < -0.39 is 0 Å². The summed E-state index contributed by atoms with van der Waals surface area (Å²) >= 11 is 0. The van der Waals surface area contributed by atoms with Gasteiger partial charge in [-0.15, -0.1) is 0 Å². The summed E-state index contributed by atoms with van der Waals surface area (Å²) in [6.07, 6.45) is 2.81. The Bertz CT molecular complexity index is 1710. The molecule has 0 amide bonds. The first-order valence-electron chi connectivity index (χ1n) is 14.3. The van der Waals surface area contributed by atoms with Crippen LogP contribution in [0.4, 0.5) is 0 Å². The van der Waals surface area contributed by atoms with E-state index in [0.29, 0.717) is 23.5 Å². The lowest BCUT2D eigenvalue weighted by Gasteiger charge is -2.17. The van der Waals surface area contributed by atoms with E-state index in [1.165, 1.54) is 33.9 Å². The zero-order chi connectivity index (χ0) is 30.7. The van der Waals surface area contributed by atoms with Crippen LogP contribution in [0.15, 0.2) is 67.3 Å². The number of carbonyl (C=O) groups is 2. The van der Waals surface area contributed by atoms with Crippen LogP contribution < -0.4 is 9.47 Å². The second-order valence-electron chi connectivity index (χ2n) is 11.0. The van der Waals surface area contributed by atoms with E-state index in [9.17, 15) is 9.59 Å². The van der Waals surface area contributed by atoms with Crippen LogP contribution >= 0.6 is 0 Å². The fraction of sp³-hybridized carbons (Fsp3) is 0.263. The van der Waals surface area contributed by atoms with Crippen LogP contribution in [-0.4, -0.2) is 25.8 Å². The molecular weight excluding hydrogens is 520 g/mol. The Balaban J connectivity index is 0.000000193. The molecule has 0 aromatic heterocycles. The number of hydrogen-bond donors (Lipinski definition) is 0. The number of aryl methyl sites for hydroxylation is 4. The Labute approximate surface area is 250 Å². The monoisotopic (exact) mass is 560 g/mol. The minimum Gasteiger partial charge on any atom is -0.493 e. The van der Waals surface area contributed by atoms with Crippen molar-refractivity contribution in [2.75, 3.05) is 14.2 Å². The number of Topliss-reactive ketones (excluding diaryl/α,β-unsaturated/α-hetero) is 1. The van der Waals surface area contributed by atoms with E-state index in [1.807, 2.05) is 57.2 Å². The molecule has 0 fully saturated rings. The summed E-state index contributed by atoms with van der Waals surface area (Å²) in [5.74, 6) is 1.53. The van der Waals surface area contributed by atoms with Gasteiger partial charge in [-0.25, -0.2) is 0 Å². The molecule has 0 unspecified atom stereocenters. The average molecular weight is 561 g/mol. The van der Waals surface area contributed by atoms with Crippen LogP contribution in [0.2, 0.25) is 0 Å². The first-order chi connectivity index (χ1) is 20.0. The maximum Gasteiger partial charge on any atom is 0.185 e. The van der Waals surface area contributed by atoms with Gasteiger partial charge < -0.3 is 9.47 Å². The maximum atomic E-state index is 12.4. The second-order valence-corrected chi connectivity index (χ2v) is 11.0. The van der Waals surface area contributed by atoms with Crippen LogP contribution in [0.25, 0.3) is 22.3 Å². The third-order valence-corrected chi connectivity index (χ3v) is 8.32. The van der Waals surface area contributed by atoms with Crippen LogP contribution in [0.5, 0.6) is 11.5 Å². The van der Waals surface area contributed by atoms with Crippen LogP contribution in [-0.2, 0) is 6.42 Å². The van der Waals surface area contributed by atoms with Gasteiger partial charge in [-0.3, -0.25) is 9.59 Å². The molecule has 42 heavy (non-hydrogen) atoms. The molecule has 0 aliphatic heterocycles. The molecule has 0 heterocycles. The van der Waals surface area contributed by atoms with Crippen molar-refractivity contribution in [3.05, 3.63) is 117 Å². The van der Waals surface area contributed by atoms with E-state index in [-0.39, 0.29) is 11.6 Å². The number of benzene rings is 4. The molecule has 0 bridgehead atoms. The van der Waals surface area contributed by atoms with Crippen molar-refractivity contribution in [1.82, 2.24) is 0 Å². The zero-order valence-corrected chi connectivity index (χ0v) is 26.0. The second kappa shape index (κ2) is 12.6. The Morgan fingerprint density at radius 3 is 2.00 bits per heavy atom. The van der Waals surface area contributed by atoms with Crippen LogP contribution in [0.3, 0.4) is 0 Å². The van der Waals surface area contributed by atoms with E-state index in [1.54, 1.807) is 14.2 Å². The molecule has 4 aromatic carbocycles. The number of fused-ring (bicyclic) bond motifs is 3. The largest absolute Gasteiger partial charge is 0.493 e. The summed E-state index contributed by atoms with van der Waals surface area (Å²) in [7, 11) is 3.22. The lowest BCUT2D eigenvalue weighted by Crippen LogP contribution is -2.01. The molecule has 4 aromatic rings. The van der Waals surface area contributed by atoms with Crippen molar-refractivity contribution < 1.29 is 19.1 Å². The van der Waals surface area contributed by atoms with E-state index in [2.05, 4.69) is 45.5 Å². The van der Waals surface area contributed by atoms with Gasteiger partial charge in [0, 0.05) is 23.1 Å². The molecule has 0 saturated carbocycles. The van der Waals surface area contributed by atoms with E-state index in [0.717, 1.165) is 45.4 Å². The minimum atomic E-state index is -0.0899. The Kier molecular flexibility index (Phi) is 9.16. The number of hydrogen-bond acceptors (Lipinski definition) is 4. The van der Waals surface area contributed by atoms with Crippen molar-refractivity contribution in [1.29, 1.82) is 0 Å². The minimum absolute atomic E-state index is 0.0899. The molecule has 216 valence electrons. The number of allylic oxidation sites excluding steroid dienone is 1. The van der Waals surface area contributed by atoms with Gasteiger partial charge in [0.2, 0.25) is 0 Å². The summed E-state index contributed by atoms with van der Waals surface area (Å²) in [4.78, 5) is 24.6. The first-order valence-corrected chi connectivity index (χ1v) is 14.3. The number of ether oxygens (including phenoxy) is 2. The van der Waals surface area contributed by atoms with Crippen molar-refractivity contribution in [3.63, 3.8) is 0 Å². The van der Waals surface area contributed by atoms with Gasteiger partial charge in [-0.1, -0.05) is 54.1 Å². The average Bonchev–Trinajstić information content (AvgIpc) is 3.11. The summed E-state index contributed by atoms with van der Waals surface area (Å²) in [6, 6.07) is 18.2. The van der Waals surface area contributed by atoms with E-state index >= 15 is 0 Å². The quantitative estimate of drug-likeness (QED) is 0.180. The summed E-state index contributed by atoms with van der Waals surface area (Å²) < 4.78 is 10.8. The molecule has 4 heteroatoms. The fourth-order valence-electron chi connectivity index (χ4n) is 5.81. The van der Waals surface area contributed by atoms with Crippen molar-refractivity contribution >= 4 is 11.6 Å². The van der Waals surface area contributed by atoms with Gasteiger partial charge in [0.1, 0.15) is 0 Å². The van der Waals surface area contributed by atoms with Crippen LogP contribution in [0.1, 0.15) is 66.1 Å². The molecule has 0 atom stereocenters. The molecular formula is C38H40O4. The van der Waals surface area contributed by atoms with Crippen molar-refractivity contribution in [2.24, 2.45) is 0 Å². The molecule has 0 N–H and O–H groups in total. The molecule has 5 rings (SSSR count). The summed E-state index contributed by atoms with van der Waals surface area (Å²) in [5, 5.41) is 0. The van der Waals surface area contributed by atoms with Crippen molar-refractivity contribution in [3.8, 4) is 33.8 Å². The lowest BCUT2D eigenvalue weighted by atomic mass is 9.87. The molecule has 1 aliphatic carbocycles. The van der Waals surface area contributed by atoms with Gasteiger partial charge >= 0.3 is 0 Å². The Morgan fingerprint density at radius 1 is 0.714 bits per heavy atom. The Morgan fingerprint density at radius 2 is 1.36 bits per heavy atom. The van der Waals surface area contributed by atoms with Gasteiger partial charge in [0.15, 0.2) is 23.1 Å². The SMILES string of the molecule is C=CC(=O)c1cc(C)ccc1-c1ccc(OC)c(OC)c1C.Cc1ccc2c(c1)C(=O)CCc1cc(C)c(C)c(C)c1-2. The summed E-state index contributed by atoms with van der Waals surface area (Å²) in [5.41, 5.74) is 14.2. The number of rotatable bonds is 5. The van der Waals surface area contributed by atoms with E-state index in [4.69, 9.17) is 9.47 Å². The predicted octanol–water partition coefficient (Wildman–Crippen LogP) is 9.07. The highest BCUT2D eigenvalue weighted by molar-refractivity contribution is 6.09. The highest BCUT2D eigenvalue weighted by Crippen LogP contribution is 2.39. The normalized spacial score (nSPS) is 11.9. The van der Waals surface area contributed by atoms with Gasteiger partial charge in [0.05, 0.1) is 14.2 Å². The van der Waals surface area contributed by atoms with Gasteiger partial charge in [0.25, 0.3) is 0 Å². The molecule has 0 spiro atoms. The first kappa shape index (κ1) is 30.5. The van der Waals surface area contributed by atoms with Gasteiger partial charge in [-0.2, -0.15) is 0 Å². The third kappa shape index (κ3) is 5.80. The highest BCUT2D eigenvalue weighted by Gasteiger charge is 2.23. The van der Waals surface area contributed by atoms with Crippen LogP contribution in [0, 0.1) is 41.5 Å². The highest BCUT2D eigenvalue weighted by atomic mass is 16.5. The smallest absolute Gasteiger partial charge is 0.185 e. The molecule has 4 nitrogen and oxygen atoms in total. The summed E-state index contributed by atoms with van der Waals surface area (Å²) in [6.45, 7) is 16.1. The van der Waals surface area contributed by atoms with Gasteiger partial charge in [-0.05, 0) is 117 Å². The topological polar surface area (TPSA) is 52.6 Å². The molecule has 0 radical (unpaired) electrons.